The summed E-state index contributed by atoms with van der Waals surface area (Å²) in [5.41, 5.74) is -0.578. The van der Waals surface area contributed by atoms with Gasteiger partial charge >= 0.3 is 5.97 Å². The molecule has 0 aromatic carbocycles. The summed E-state index contributed by atoms with van der Waals surface area (Å²) in [6.07, 6.45) is 4.49. The fourth-order valence-corrected chi connectivity index (χ4v) is 2.25. The van der Waals surface area contributed by atoms with Crippen LogP contribution in [0.3, 0.4) is 0 Å². The quantitative estimate of drug-likeness (QED) is 0.709. The van der Waals surface area contributed by atoms with Crippen LogP contribution in [-0.2, 0) is 9.59 Å². The van der Waals surface area contributed by atoms with Crippen molar-refractivity contribution in [2.45, 2.75) is 51.0 Å². The molecule has 0 saturated heterocycles. The number of hydrogen-bond donors (Lipinski definition) is 2. The lowest BCUT2D eigenvalue weighted by molar-refractivity contribution is -0.139. The van der Waals surface area contributed by atoms with Crippen molar-refractivity contribution in [1.82, 2.24) is 5.32 Å². The molecular formula is C12H17NO3. The number of amides is 1. The van der Waals surface area contributed by atoms with E-state index in [1.807, 2.05) is 0 Å². The summed E-state index contributed by atoms with van der Waals surface area (Å²) in [5.74, 6) is 3.68. The summed E-state index contributed by atoms with van der Waals surface area (Å²) < 4.78 is 0. The lowest BCUT2D eigenvalue weighted by atomic mass is 9.79. The predicted octanol–water partition coefficient (Wildman–Crippen LogP) is 1.30. The predicted molar refractivity (Wildman–Crippen MR) is 59.7 cm³/mol. The van der Waals surface area contributed by atoms with E-state index in [2.05, 4.69) is 17.2 Å². The van der Waals surface area contributed by atoms with Crippen molar-refractivity contribution in [2.75, 3.05) is 0 Å². The molecule has 0 aromatic rings. The molecular weight excluding hydrogens is 206 g/mol. The SMILES string of the molecule is CC#CC(=O)NC1(CC(=O)O)CCCCC1. The van der Waals surface area contributed by atoms with Gasteiger partial charge in [-0.2, -0.15) is 0 Å². The molecule has 0 unspecified atom stereocenters. The summed E-state index contributed by atoms with van der Waals surface area (Å²) in [7, 11) is 0. The summed E-state index contributed by atoms with van der Waals surface area (Å²) in [4.78, 5) is 22.2. The molecule has 1 aliphatic carbocycles. The third-order valence-electron chi connectivity index (χ3n) is 2.92. The van der Waals surface area contributed by atoms with Gasteiger partial charge in [0.05, 0.1) is 12.0 Å². The average Bonchev–Trinajstić information content (AvgIpc) is 2.17. The summed E-state index contributed by atoms with van der Waals surface area (Å²) >= 11 is 0. The van der Waals surface area contributed by atoms with Crippen LogP contribution in [-0.4, -0.2) is 22.5 Å². The van der Waals surface area contributed by atoms with E-state index in [0.29, 0.717) is 0 Å². The molecule has 2 N–H and O–H groups in total. The minimum absolute atomic E-state index is 0.00979. The van der Waals surface area contributed by atoms with Gasteiger partial charge in [-0.15, -0.1) is 0 Å². The third-order valence-corrected chi connectivity index (χ3v) is 2.92. The smallest absolute Gasteiger partial charge is 0.305 e. The van der Waals surface area contributed by atoms with Gasteiger partial charge in [0.15, 0.2) is 0 Å². The van der Waals surface area contributed by atoms with E-state index in [1.54, 1.807) is 6.92 Å². The van der Waals surface area contributed by atoms with Crippen LogP contribution in [0.25, 0.3) is 0 Å². The molecule has 0 bridgehead atoms. The molecule has 1 rings (SSSR count). The van der Waals surface area contributed by atoms with Crippen LogP contribution in [0, 0.1) is 11.8 Å². The first-order valence-electron chi connectivity index (χ1n) is 5.55. The Morgan fingerprint density at radius 3 is 2.44 bits per heavy atom. The summed E-state index contributed by atoms with van der Waals surface area (Å²) in [6, 6.07) is 0. The number of hydrogen-bond acceptors (Lipinski definition) is 2. The maximum Gasteiger partial charge on any atom is 0.305 e. The minimum atomic E-state index is -0.869. The monoisotopic (exact) mass is 223 g/mol. The number of aliphatic carboxylic acids is 1. The Morgan fingerprint density at radius 2 is 1.94 bits per heavy atom. The molecule has 16 heavy (non-hydrogen) atoms. The zero-order chi connectivity index (χ0) is 12.0. The second-order valence-electron chi connectivity index (χ2n) is 4.24. The molecule has 0 heterocycles. The third kappa shape index (κ3) is 3.58. The molecule has 1 saturated carbocycles. The lowest BCUT2D eigenvalue weighted by Crippen LogP contribution is -2.50. The van der Waals surface area contributed by atoms with Gasteiger partial charge in [-0.05, 0) is 25.7 Å². The first-order valence-corrected chi connectivity index (χ1v) is 5.55. The first-order chi connectivity index (χ1) is 7.58. The number of carbonyl (C=O) groups excluding carboxylic acids is 1. The molecule has 1 amide bonds. The van der Waals surface area contributed by atoms with E-state index in [0.717, 1.165) is 32.1 Å². The van der Waals surface area contributed by atoms with Crippen molar-refractivity contribution in [3.63, 3.8) is 0 Å². The van der Waals surface area contributed by atoms with Crippen molar-refractivity contribution in [3.05, 3.63) is 0 Å². The van der Waals surface area contributed by atoms with E-state index >= 15 is 0 Å². The second kappa shape index (κ2) is 5.55. The maximum atomic E-state index is 11.4. The number of carboxylic acids is 1. The Bertz CT molecular complexity index is 332. The van der Waals surface area contributed by atoms with Crippen molar-refractivity contribution in [2.24, 2.45) is 0 Å². The van der Waals surface area contributed by atoms with Crippen molar-refractivity contribution in [3.8, 4) is 11.8 Å². The molecule has 0 aromatic heterocycles. The van der Waals surface area contributed by atoms with Gasteiger partial charge in [-0.3, -0.25) is 9.59 Å². The molecule has 0 aliphatic heterocycles. The van der Waals surface area contributed by atoms with Crippen LogP contribution in [0.2, 0.25) is 0 Å². The van der Waals surface area contributed by atoms with Crippen molar-refractivity contribution >= 4 is 11.9 Å². The highest BCUT2D eigenvalue weighted by Gasteiger charge is 2.35. The number of carbonyl (C=O) groups is 2. The lowest BCUT2D eigenvalue weighted by Gasteiger charge is -2.36. The van der Waals surface area contributed by atoms with Gasteiger partial charge in [0.2, 0.25) is 0 Å². The van der Waals surface area contributed by atoms with E-state index < -0.39 is 11.5 Å². The highest BCUT2D eigenvalue weighted by atomic mass is 16.4. The standard InChI is InChI=1S/C12H17NO3/c1-2-6-10(14)13-12(9-11(15)16)7-4-3-5-8-12/h3-5,7-9H2,1H3,(H,13,14)(H,15,16). The fraction of sp³-hybridized carbons (Fsp3) is 0.667. The van der Waals surface area contributed by atoms with Gasteiger partial charge in [0.25, 0.3) is 5.91 Å². The topological polar surface area (TPSA) is 66.4 Å². The number of carboxylic acid groups (broad SMARTS) is 1. The minimum Gasteiger partial charge on any atom is -0.481 e. The van der Waals surface area contributed by atoms with Crippen molar-refractivity contribution < 1.29 is 14.7 Å². The molecule has 1 fully saturated rings. The largest absolute Gasteiger partial charge is 0.481 e. The fourth-order valence-electron chi connectivity index (χ4n) is 2.25. The Hall–Kier alpha value is -1.50. The average molecular weight is 223 g/mol. The molecule has 4 heteroatoms. The van der Waals surface area contributed by atoms with E-state index in [4.69, 9.17) is 5.11 Å². The highest BCUT2D eigenvalue weighted by molar-refractivity contribution is 5.94. The zero-order valence-corrected chi connectivity index (χ0v) is 9.51. The molecule has 88 valence electrons. The highest BCUT2D eigenvalue weighted by Crippen LogP contribution is 2.30. The molecule has 4 nitrogen and oxygen atoms in total. The summed E-state index contributed by atoms with van der Waals surface area (Å²) in [6.45, 7) is 1.59. The van der Waals surface area contributed by atoms with Crippen LogP contribution in [0.5, 0.6) is 0 Å². The Morgan fingerprint density at radius 1 is 1.31 bits per heavy atom. The molecule has 0 radical (unpaired) electrons. The second-order valence-corrected chi connectivity index (χ2v) is 4.24. The van der Waals surface area contributed by atoms with Crippen LogP contribution in [0.4, 0.5) is 0 Å². The molecule has 0 spiro atoms. The van der Waals surface area contributed by atoms with Crippen LogP contribution in [0.15, 0.2) is 0 Å². The summed E-state index contributed by atoms with van der Waals surface area (Å²) in [5, 5.41) is 11.7. The Kier molecular flexibility index (Phi) is 4.36. The molecule has 0 atom stereocenters. The van der Waals surface area contributed by atoms with Crippen LogP contribution >= 0.6 is 0 Å². The van der Waals surface area contributed by atoms with E-state index in [9.17, 15) is 9.59 Å². The maximum absolute atomic E-state index is 11.4. The number of rotatable bonds is 3. The first kappa shape index (κ1) is 12.6. The van der Waals surface area contributed by atoms with Gasteiger partial charge in [0, 0.05) is 0 Å². The van der Waals surface area contributed by atoms with Crippen LogP contribution < -0.4 is 5.32 Å². The zero-order valence-electron chi connectivity index (χ0n) is 9.51. The van der Waals surface area contributed by atoms with Gasteiger partial charge in [0.1, 0.15) is 0 Å². The number of nitrogens with one attached hydrogen (secondary N) is 1. The van der Waals surface area contributed by atoms with Crippen LogP contribution in [0.1, 0.15) is 45.4 Å². The van der Waals surface area contributed by atoms with Gasteiger partial charge in [-0.1, -0.05) is 25.2 Å². The van der Waals surface area contributed by atoms with E-state index in [1.165, 1.54) is 0 Å². The van der Waals surface area contributed by atoms with E-state index in [-0.39, 0.29) is 12.3 Å². The Balaban J connectivity index is 2.72. The molecule has 1 aliphatic rings. The van der Waals surface area contributed by atoms with Crippen molar-refractivity contribution in [1.29, 1.82) is 0 Å². The normalized spacial score (nSPS) is 18.1. The Labute approximate surface area is 95.4 Å². The van der Waals surface area contributed by atoms with Gasteiger partial charge in [-0.25, -0.2) is 0 Å². The van der Waals surface area contributed by atoms with Gasteiger partial charge < -0.3 is 10.4 Å².